The molecule has 190 valence electrons. The summed E-state index contributed by atoms with van der Waals surface area (Å²) < 4.78 is 13.1. The summed E-state index contributed by atoms with van der Waals surface area (Å²) in [6.07, 6.45) is 7.33. The van der Waals surface area contributed by atoms with E-state index in [-0.39, 0.29) is 11.7 Å². The van der Waals surface area contributed by atoms with E-state index in [1.54, 1.807) is 19.4 Å². The van der Waals surface area contributed by atoms with Crippen molar-refractivity contribution in [3.63, 3.8) is 0 Å². The van der Waals surface area contributed by atoms with Crippen LogP contribution in [-0.2, 0) is 4.79 Å². The van der Waals surface area contributed by atoms with Crippen molar-refractivity contribution >= 4 is 35.5 Å². The van der Waals surface area contributed by atoms with E-state index >= 15 is 0 Å². The van der Waals surface area contributed by atoms with E-state index in [2.05, 4.69) is 25.3 Å². The average molecular weight is 528 g/mol. The predicted molar refractivity (Wildman–Crippen MR) is 143 cm³/mol. The molecule has 8 nitrogen and oxygen atoms in total. The van der Waals surface area contributed by atoms with E-state index in [9.17, 15) is 4.79 Å². The van der Waals surface area contributed by atoms with Crippen molar-refractivity contribution in [3.8, 4) is 22.9 Å². The van der Waals surface area contributed by atoms with Gasteiger partial charge in [-0.3, -0.25) is 9.36 Å². The zero-order valence-electron chi connectivity index (χ0n) is 20.4. The first-order valence-corrected chi connectivity index (χ1v) is 13.4. The number of benzene rings is 2. The van der Waals surface area contributed by atoms with Crippen molar-refractivity contribution in [1.82, 2.24) is 20.2 Å². The van der Waals surface area contributed by atoms with Gasteiger partial charge in [-0.25, -0.2) is 5.43 Å². The summed E-state index contributed by atoms with van der Waals surface area (Å²) in [6.45, 7) is 2.46. The lowest BCUT2D eigenvalue weighted by atomic mass is 9.95. The molecule has 0 radical (unpaired) electrons. The Morgan fingerprint density at radius 3 is 2.67 bits per heavy atom. The minimum atomic E-state index is -0.222. The minimum absolute atomic E-state index is 0.176. The van der Waals surface area contributed by atoms with Crippen molar-refractivity contribution in [2.24, 2.45) is 5.10 Å². The van der Waals surface area contributed by atoms with E-state index in [1.165, 1.54) is 31.0 Å². The van der Waals surface area contributed by atoms with Crippen LogP contribution in [0, 0.1) is 0 Å². The second kappa shape index (κ2) is 12.8. The van der Waals surface area contributed by atoms with Crippen LogP contribution in [0.2, 0.25) is 5.02 Å². The van der Waals surface area contributed by atoms with Gasteiger partial charge in [0.05, 0.1) is 25.7 Å². The van der Waals surface area contributed by atoms with Gasteiger partial charge in [-0.1, -0.05) is 42.6 Å². The highest BCUT2D eigenvalue weighted by Gasteiger charge is 2.24. The number of ether oxygens (including phenoxy) is 2. The quantitative estimate of drug-likeness (QED) is 0.205. The fraction of sp³-hybridized carbons (Fsp3) is 0.385. The lowest BCUT2D eigenvalue weighted by molar-refractivity contribution is -0.118. The number of rotatable bonds is 10. The number of thioether (sulfide) groups is 1. The molecule has 1 aliphatic rings. The van der Waals surface area contributed by atoms with E-state index in [0.717, 1.165) is 34.9 Å². The maximum Gasteiger partial charge on any atom is 0.250 e. The average Bonchev–Trinajstić information content (AvgIpc) is 3.33. The predicted octanol–water partition coefficient (Wildman–Crippen LogP) is 5.75. The molecule has 4 rings (SSSR count). The van der Waals surface area contributed by atoms with Crippen LogP contribution in [0.1, 0.15) is 50.6 Å². The Morgan fingerprint density at radius 2 is 1.94 bits per heavy atom. The standard InChI is InChI=1S/C26H30ClN5O3S/c1-3-35-22-14-9-18(15-23(22)34-2)16-28-29-24(33)17-36-26-31-30-25(19-10-12-20(27)13-11-19)32(26)21-7-5-4-6-8-21/h9-16,21H,3-8,17H2,1-2H3,(H,29,33)/b28-16-. The molecule has 0 saturated heterocycles. The Bertz CT molecular complexity index is 1190. The lowest BCUT2D eigenvalue weighted by Crippen LogP contribution is -2.20. The Morgan fingerprint density at radius 1 is 1.17 bits per heavy atom. The van der Waals surface area contributed by atoms with Crippen LogP contribution < -0.4 is 14.9 Å². The Balaban J connectivity index is 1.41. The third-order valence-corrected chi connectivity index (χ3v) is 7.12. The first-order valence-electron chi connectivity index (χ1n) is 12.1. The van der Waals surface area contributed by atoms with Crippen LogP contribution in [0.15, 0.2) is 52.7 Å². The van der Waals surface area contributed by atoms with Gasteiger partial charge in [0.2, 0.25) is 0 Å². The molecule has 1 heterocycles. The smallest absolute Gasteiger partial charge is 0.250 e. The Hall–Kier alpha value is -3.04. The van der Waals surface area contributed by atoms with Crippen LogP contribution in [-0.4, -0.2) is 46.4 Å². The van der Waals surface area contributed by atoms with Gasteiger partial charge >= 0.3 is 0 Å². The summed E-state index contributed by atoms with van der Waals surface area (Å²) in [5.74, 6) is 2.04. The van der Waals surface area contributed by atoms with Gasteiger partial charge < -0.3 is 9.47 Å². The van der Waals surface area contributed by atoms with E-state index in [4.69, 9.17) is 21.1 Å². The molecule has 1 N–H and O–H groups in total. The molecule has 0 spiro atoms. The number of hydrogen-bond donors (Lipinski definition) is 1. The molecule has 0 atom stereocenters. The third-order valence-electron chi connectivity index (χ3n) is 5.93. The SMILES string of the molecule is CCOc1ccc(/C=N\NC(=O)CSc2nnc(-c3ccc(Cl)cc3)n2C2CCCCC2)cc1OC. The first kappa shape index (κ1) is 26.0. The van der Waals surface area contributed by atoms with Crippen molar-refractivity contribution < 1.29 is 14.3 Å². The van der Waals surface area contributed by atoms with Crippen LogP contribution in [0.25, 0.3) is 11.4 Å². The molecule has 0 unspecified atom stereocenters. The summed E-state index contributed by atoms with van der Waals surface area (Å²) in [4.78, 5) is 12.5. The third kappa shape index (κ3) is 6.59. The van der Waals surface area contributed by atoms with Crippen LogP contribution in [0.4, 0.5) is 0 Å². The normalized spacial score (nSPS) is 14.2. The van der Waals surface area contributed by atoms with Crippen LogP contribution in [0.5, 0.6) is 11.5 Å². The Kier molecular flexibility index (Phi) is 9.24. The Labute approximate surface area is 220 Å². The first-order chi connectivity index (χ1) is 17.6. The summed E-state index contributed by atoms with van der Waals surface area (Å²) in [7, 11) is 1.59. The van der Waals surface area contributed by atoms with Gasteiger partial charge in [0.25, 0.3) is 5.91 Å². The maximum absolute atomic E-state index is 12.5. The molecular formula is C26H30ClN5O3S. The monoisotopic (exact) mass is 527 g/mol. The molecule has 36 heavy (non-hydrogen) atoms. The second-order valence-corrected chi connectivity index (χ2v) is 9.78. The molecule has 0 aliphatic heterocycles. The van der Waals surface area contributed by atoms with Gasteiger partial charge in [-0.15, -0.1) is 10.2 Å². The van der Waals surface area contributed by atoms with Crippen molar-refractivity contribution in [1.29, 1.82) is 0 Å². The topological polar surface area (TPSA) is 90.6 Å². The fourth-order valence-corrected chi connectivity index (χ4v) is 5.14. The van der Waals surface area contributed by atoms with Crippen LogP contribution in [0.3, 0.4) is 0 Å². The fourth-order valence-electron chi connectivity index (χ4n) is 4.22. The lowest BCUT2D eigenvalue weighted by Gasteiger charge is -2.25. The van der Waals surface area contributed by atoms with E-state index in [1.807, 2.05) is 43.3 Å². The van der Waals surface area contributed by atoms with Gasteiger partial charge in [-0.05, 0) is 67.8 Å². The maximum atomic E-state index is 12.5. The molecule has 1 aromatic heterocycles. The van der Waals surface area contributed by atoms with Gasteiger partial charge in [0, 0.05) is 16.6 Å². The second-order valence-electron chi connectivity index (χ2n) is 8.40. The summed E-state index contributed by atoms with van der Waals surface area (Å²) >= 11 is 7.45. The molecule has 1 amide bonds. The zero-order chi connectivity index (χ0) is 25.3. The number of nitrogens with one attached hydrogen (secondary N) is 1. The highest BCUT2D eigenvalue weighted by molar-refractivity contribution is 7.99. The number of nitrogens with zero attached hydrogens (tertiary/aromatic N) is 4. The van der Waals surface area contributed by atoms with E-state index < -0.39 is 0 Å². The largest absolute Gasteiger partial charge is 0.493 e. The molecule has 10 heteroatoms. The van der Waals surface area contributed by atoms with Gasteiger partial charge in [-0.2, -0.15) is 5.10 Å². The number of aromatic nitrogens is 3. The molecule has 1 fully saturated rings. The highest BCUT2D eigenvalue weighted by Crippen LogP contribution is 2.35. The van der Waals surface area contributed by atoms with Crippen molar-refractivity contribution in [2.45, 2.75) is 50.2 Å². The number of carbonyl (C=O) groups is 1. The van der Waals surface area contributed by atoms with E-state index in [0.29, 0.717) is 29.2 Å². The molecule has 2 aromatic carbocycles. The number of hydrogen-bond acceptors (Lipinski definition) is 7. The highest BCUT2D eigenvalue weighted by atomic mass is 35.5. The molecular weight excluding hydrogens is 498 g/mol. The van der Waals surface area contributed by atoms with Crippen molar-refractivity contribution in [2.75, 3.05) is 19.5 Å². The van der Waals surface area contributed by atoms with Crippen molar-refractivity contribution in [3.05, 3.63) is 53.1 Å². The summed E-state index contributed by atoms with van der Waals surface area (Å²) in [6, 6.07) is 13.4. The minimum Gasteiger partial charge on any atom is -0.493 e. The van der Waals surface area contributed by atoms with Crippen LogP contribution >= 0.6 is 23.4 Å². The molecule has 1 saturated carbocycles. The summed E-state index contributed by atoms with van der Waals surface area (Å²) in [5, 5.41) is 14.4. The number of methoxy groups -OCH3 is 1. The number of amides is 1. The molecule has 1 aliphatic carbocycles. The molecule has 0 bridgehead atoms. The van der Waals surface area contributed by atoms with Gasteiger partial charge in [0.15, 0.2) is 22.5 Å². The van der Waals surface area contributed by atoms with Gasteiger partial charge in [0.1, 0.15) is 0 Å². The number of carbonyl (C=O) groups excluding carboxylic acids is 1. The molecule has 3 aromatic rings. The summed E-state index contributed by atoms with van der Waals surface area (Å²) in [5.41, 5.74) is 4.34. The zero-order valence-corrected chi connectivity index (χ0v) is 22.0. The number of hydrazone groups is 1. The number of halogens is 1.